The van der Waals surface area contributed by atoms with Crippen LogP contribution in [0.5, 0.6) is 0 Å². The summed E-state index contributed by atoms with van der Waals surface area (Å²) >= 11 is 0. The third-order valence-corrected chi connectivity index (χ3v) is 14.9. The Labute approximate surface area is 233 Å². The number of rotatable bonds is 4. The summed E-state index contributed by atoms with van der Waals surface area (Å²) in [4.78, 5) is 0. The molecule has 6 fully saturated rings. The van der Waals surface area contributed by atoms with Gasteiger partial charge in [-0.15, -0.1) is 0 Å². The van der Waals surface area contributed by atoms with E-state index in [1.165, 1.54) is 76.2 Å². The van der Waals surface area contributed by atoms with Crippen LogP contribution in [0, 0.1) is 56.7 Å². The molecule has 1 heterocycles. The van der Waals surface area contributed by atoms with Crippen LogP contribution in [0.25, 0.3) is 0 Å². The van der Waals surface area contributed by atoms with Crippen molar-refractivity contribution in [2.75, 3.05) is 13.2 Å². The summed E-state index contributed by atoms with van der Waals surface area (Å²) < 4.78 is 12.7. The molecule has 0 bridgehead atoms. The van der Waals surface area contributed by atoms with Gasteiger partial charge < -0.3 is 14.6 Å². The molecular formula is C35H58O3. The number of hydrogen-bond donors (Lipinski definition) is 1. The number of fused-ring (bicyclic) bond motifs is 7. The van der Waals surface area contributed by atoms with Crippen LogP contribution in [0.1, 0.15) is 125 Å². The van der Waals surface area contributed by atoms with E-state index in [-0.39, 0.29) is 17.8 Å². The molecular weight excluding hydrogens is 468 g/mol. The molecule has 1 aliphatic heterocycles. The quantitative estimate of drug-likeness (QED) is 0.373. The summed E-state index contributed by atoms with van der Waals surface area (Å²) in [6, 6.07) is 0. The highest BCUT2D eigenvalue weighted by atomic mass is 16.7. The van der Waals surface area contributed by atoms with Gasteiger partial charge in [-0.1, -0.05) is 46.8 Å². The zero-order valence-corrected chi connectivity index (χ0v) is 25.6. The molecule has 38 heavy (non-hydrogen) atoms. The molecule has 0 radical (unpaired) electrons. The third-order valence-electron chi connectivity index (χ3n) is 14.9. The van der Waals surface area contributed by atoms with Crippen LogP contribution in [-0.2, 0) is 9.47 Å². The first kappa shape index (κ1) is 27.8. The highest BCUT2D eigenvalue weighted by Crippen LogP contribution is 2.77. The maximum atomic E-state index is 11.0. The predicted molar refractivity (Wildman–Crippen MR) is 155 cm³/mol. The Kier molecular flexibility index (Phi) is 6.81. The number of aliphatic hydroxyl groups excluding tert-OH is 1. The van der Waals surface area contributed by atoms with E-state index in [0.717, 1.165) is 37.9 Å². The van der Waals surface area contributed by atoms with Gasteiger partial charge in [0.05, 0.1) is 12.7 Å². The van der Waals surface area contributed by atoms with Crippen LogP contribution in [0.3, 0.4) is 0 Å². The second-order valence-corrected chi connectivity index (χ2v) is 16.5. The van der Waals surface area contributed by atoms with Crippen LogP contribution >= 0.6 is 0 Å². The van der Waals surface area contributed by atoms with Crippen molar-refractivity contribution in [3.8, 4) is 0 Å². The molecule has 6 rings (SSSR count). The molecule has 5 unspecified atom stereocenters. The monoisotopic (exact) mass is 526 g/mol. The van der Waals surface area contributed by atoms with Gasteiger partial charge in [0.15, 0.2) is 6.29 Å². The standard InChI is InChI=1S/C35H58O3/c1-23(2)24-13-18-35(22-38-29-10-8-9-21-37-29)20-19-33(6)25(30(24)35)11-12-27-32(5)16-15-28(36)31(3,4)26(32)14-17-34(27,33)7/h24-30,36H,1,8-22H2,2-7H3/t24-,25?,26?,27?,28-,29?,30?,32-,33+,34+,35+/m0/s1. The molecule has 0 aromatic carbocycles. The normalized spacial score (nSPS) is 53.8. The third kappa shape index (κ3) is 3.76. The predicted octanol–water partition coefficient (Wildman–Crippen LogP) is 8.55. The number of allylic oxidation sites excluding steroid dienone is 1. The van der Waals surface area contributed by atoms with Gasteiger partial charge in [-0.05, 0) is 147 Å². The minimum absolute atomic E-state index is 0.0180. The first-order valence-electron chi connectivity index (χ1n) is 16.5. The zero-order chi connectivity index (χ0) is 27.1. The van der Waals surface area contributed by atoms with Crippen molar-refractivity contribution < 1.29 is 14.6 Å². The van der Waals surface area contributed by atoms with Crippen molar-refractivity contribution >= 4 is 0 Å². The summed E-state index contributed by atoms with van der Waals surface area (Å²) in [5.74, 6) is 3.52. The first-order valence-corrected chi connectivity index (χ1v) is 16.5. The van der Waals surface area contributed by atoms with Crippen molar-refractivity contribution in [1.82, 2.24) is 0 Å². The van der Waals surface area contributed by atoms with Gasteiger partial charge in [0.1, 0.15) is 0 Å². The van der Waals surface area contributed by atoms with Gasteiger partial charge in [-0.3, -0.25) is 0 Å². The van der Waals surface area contributed by atoms with Crippen molar-refractivity contribution in [2.24, 2.45) is 56.7 Å². The Bertz CT molecular complexity index is 920. The van der Waals surface area contributed by atoms with Crippen LogP contribution < -0.4 is 0 Å². The lowest BCUT2D eigenvalue weighted by Gasteiger charge is -2.73. The van der Waals surface area contributed by atoms with E-state index < -0.39 is 0 Å². The Morgan fingerprint density at radius 2 is 1.63 bits per heavy atom. The van der Waals surface area contributed by atoms with E-state index in [1.807, 2.05) is 0 Å². The zero-order valence-electron chi connectivity index (χ0n) is 25.6. The summed E-state index contributed by atoms with van der Waals surface area (Å²) in [5, 5.41) is 11.0. The van der Waals surface area contributed by atoms with E-state index in [2.05, 4.69) is 48.1 Å². The van der Waals surface area contributed by atoms with Gasteiger partial charge in [-0.2, -0.15) is 0 Å². The van der Waals surface area contributed by atoms with E-state index in [4.69, 9.17) is 9.47 Å². The Morgan fingerprint density at radius 3 is 2.34 bits per heavy atom. The van der Waals surface area contributed by atoms with E-state index in [0.29, 0.717) is 39.4 Å². The molecule has 5 saturated carbocycles. The van der Waals surface area contributed by atoms with Crippen molar-refractivity contribution in [1.29, 1.82) is 0 Å². The summed E-state index contributed by atoms with van der Waals surface area (Å²) in [7, 11) is 0. The molecule has 6 aliphatic rings. The number of aliphatic hydroxyl groups is 1. The topological polar surface area (TPSA) is 38.7 Å². The average Bonchev–Trinajstić information content (AvgIpc) is 3.27. The maximum Gasteiger partial charge on any atom is 0.157 e. The van der Waals surface area contributed by atoms with E-state index in [9.17, 15) is 5.11 Å². The number of hydrogen-bond acceptors (Lipinski definition) is 3. The average molecular weight is 527 g/mol. The summed E-state index contributed by atoms with van der Waals surface area (Å²) in [6.07, 6.45) is 16.2. The van der Waals surface area contributed by atoms with Crippen molar-refractivity contribution in [3.05, 3.63) is 12.2 Å². The van der Waals surface area contributed by atoms with Gasteiger partial charge in [0.2, 0.25) is 0 Å². The fraction of sp³-hybridized carbons (Fsp3) is 0.943. The highest BCUT2D eigenvalue weighted by molar-refractivity contribution is 5.21. The van der Waals surface area contributed by atoms with Crippen LogP contribution in [0.2, 0.25) is 0 Å². The molecule has 0 amide bonds. The minimum atomic E-state index is -0.143. The maximum absolute atomic E-state index is 11.0. The summed E-state index contributed by atoms with van der Waals surface area (Å²) in [6.45, 7) is 21.5. The molecule has 216 valence electrons. The lowest BCUT2D eigenvalue weighted by atomic mass is 9.32. The van der Waals surface area contributed by atoms with E-state index in [1.54, 1.807) is 0 Å². The SMILES string of the molecule is C=C(C)[C@@H]1CC[C@]2(COC3CCCCO3)CC[C@]3(C)C(CCC4[C@@]5(C)CC[C@H](O)C(C)(C)C5CC[C@]43C)C12. The second-order valence-electron chi connectivity index (χ2n) is 16.5. The van der Waals surface area contributed by atoms with Crippen molar-refractivity contribution in [3.63, 3.8) is 0 Å². The van der Waals surface area contributed by atoms with Crippen LogP contribution in [0.15, 0.2) is 12.2 Å². The van der Waals surface area contributed by atoms with Crippen molar-refractivity contribution in [2.45, 2.75) is 137 Å². The largest absolute Gasteiger partial charge is 0.393 e. The van der Waals surface area contributed by atoms with Crippen LogP contribution in [-0.4, -0.2) is 30.7 Å². The molecule has 0 spiro atoms. The molecule has 5 aliphatic carbocycles. The van der Waals surface area contributed by atoms with Gasteiger partial charge >= 0.3 is 0 Å². The van der Waals surface area contributed by atoms with Crippen LogP contribution in [0.4, 0.5) is 0 Å². The smallest absolute Gasteiger partial charge is 0.157 e. The fourth-order valence-electron chi connectivity index (χ4n) is 12.6. The Hall–Kier alpha value is -0.380. The number of ether oxygens (including phenoxy) is 2. The Balaban J connectivity index is 1.32. The first-order chi connectivity index (χ1) is 17.9. The van der Waals surface area contributed by atoms with Gasteiger partial charge in [0, 0.05) is 6.61 Å². The molecule has 3 nitrogen and oxygen atoms in total. The van der Waals surface area contributed by atoms with Gasteiger partial charge in [0.25, 0.3) is 0 Å². The fourth-order valence-corrected chi connectivity index (χ4v) is 12.6. The van der Waals surface area contributed by atoms with E-state index >= 15 is 0 Å². The Morgan fingerprint density at radius 1 is 0.842 bits per heavy atom. The second kappa shape index (κ2) is 9.32. The molecule has 1 saturated heterocycles. The lowest BCUT2D eigenvalue weighted by Crippen LogP contribution is -2.66. The molecule has 3 heteroatoms. The molecule has 1 N–H and O–H groups in total. The highest BCUT2D eigenvalue weighted by Gasteiger charge is 2.70. The molecule has 11 atom stereocenters. The van der Waals surface area contributed by atoms with Gasteiger partial charge in [-0.25, -0.2) is 0 Å². The lowest BCUT2D eigenvalue weighted by molar-refractivity contribution is -0.256. The minimum Gasteiger partial charge on any atom is -0.393 e. The summed E-state index contributed by atoms with van der Waals surface area (Å²) in [5.41, 5.74) is 2.85. The molecule has 0 aromatic rings. The molecule has 0 aromatic heterocycles.